The van der Waals surface area contributed by atoms with Gasteiger partial charge in [-0.2, -0.15) is 0 Å². The summed E-state index contributed by atoms with van der Waals surface area (Å²) >= 11 is 0. The Balaban J connectivity index is 2.96. The van der Waals surface area contributed by atoms with Gasteiger partial charge in [-0.15, -0.1) is 0 Å². The van der Waals surface area contributed by atoms with Crippen molar-refractivity contribution in [2.24, 2.45) is 17.6 Å². The molecule has 0 spiro atoms. The second kappa shape index (κ2) is 6.57. The number of hydrogen-bond acceptors (Lipinski definition) is 3. The van der Waals surface area contributed by atoms with Crippen molar-refractivity contribution in [3.8, 4) is 5.75 Å². The largest absolute Gasteiger partial charge is 0.496 e. The fourth-order valence-corrected chi connectivity index (χ4v) is 2.11. The topological polar surface area (TPSA) is 55.6 Å². The minimum Gasteiger partial charge on any atom is -0.496 e. The van der Waals surface area contributed by atoms with Gasteiger partial charge in [0.05, 0.1) is 13.0 Å². The van der Waals surface area contributed by atoms with Gasteiger partial charge in [-0.25, -0.2) is 0 Å². The van der Waals surface area contributed by atoms with Crippen LogP contribution < -0.4 is 15.4 Å². The summed E-state index contributed by atoms with van der Waals surface area (Å²) in [5.41, 5.74) is 7.57. The predicted octanol–water partition coefficient (Wildman–Crippen LogP) is 2.20. The van der Waals surface area contributed by atoms with Crippen LogP contribution in [-0.2, 0) is 4.79 Å². The molecule has 106 valence electrons. The van der Waals surface area contributed by atoms with Crippen LogP contribution in [0.2, 0.25) is 0 Å². The van der Waals surface area contributed by atoms with Crippen LogP contribution in [-0.4, -0.2) is 26.6 Å². The van der Waals surface area contributed by atoms with Crippen molar-refractivity contribution < 1.29 is 9.53 Å². The summed E-state index contributed by atoms with van der Waals surface area (Å²) in [5.74, 6) is 0.970. The van der Waals surface area contributed by atoms with Crippen molar-refractivity contribution in [2.45, 2.75) is 20.8 Å². The maximum atomic E-state index is 12.4. The third kappa shape index (κ3) is 3.47. The number of nitrogens with two attached hydrogens (primary N) is 1. The van der Waals surface area contributed by atoms with Gasteiger partial charge in [0.2, 0.25) is 5.91 Å². The zero-order valence-corrected chi connectivity index (χ0v) is 12.4. The number of amides is 1. The molecular weight excluding hydrogens is 240 g/mol. The van der Waals surface area contributed by atoms with Crippen LogP contribution in [0.5, 0.6) is 5.75 Å². The van der Waals surface area contributed by atoms with Gasteiger partial charge in [0.15, 0.2) is 0 Å². The third-order valence-corrected chi connectivity index (χ3v) is 3.47. The lowest BCUT2D eigenvalue weighted by Gasteiger charge is -2.25. The second-order valence-electron chi connectivity index (χ2n) is 5.14. The first-order valence-corrected chi connectivity index (χ1v) is 6.54. The molecule has 0 aromatic heterocycles. The first kappa shape index (κ1) is 15.5. The number of methoxy groups -OCH3 is 1. The van der Waals surface area contributed by atoms with Crippen LogP contribution in [0, 0.1) is 18.8 Å². The molecule has 1 unspecified atom stereocenters. The molecule has 1 atom stereocenters. The lowest BCUT2D eigenvalue weighted by molar-refractivity contribution is -0.123. The molecule has 0 saturated carbocycles. The monoisotopic (exact) mass is 264 g/mol. The molecule has 0 fully saturated rings. The molecule has 19 heavy (non-hydrogen) atoms. The van der Waals surface area contributed by atoms with Gasteiger partial charge in [0.25, 0.3) is 0 Å². The summed E-state index contributed by atoms with van der Waals surface area (Å²) in [7, 11) is 3.43. The van der Waals surface area contributed by atoms with Crippen LogP contribution in [0.1, 0.15) is 19.4 Å². The average molecular weight is 264 g/mol. The highest BCUT2D eigenvalue weighted by Crippen LogP contribution is 2.25. The minimum absolute atomic E-state index is 0.0575. The van der Waals surface area contributed by atoms with Gasteiger partial charge < -0.3 is 15.4 Å². The van der Waals surface area contributed by atoms with Gasteiger partial charge in [-0.05, 0) is 36.6 Å². The second-order valence-corrected chi connectivity index (χ2v) is 5.14. The molecule has 1 aromatic rings. The number of ether oxygens (including phenoxy) is 1. The highest BCUT2D eigenvalue weighted by molar-refractivity contribution is 5.95. The number of hydrogen-bond donors (Lipinski definition) is 1. The van der Waals surface area contributed by atoms with Crippen LogP contribution in [0.25, 0.3) is 0 Å². The molecule has 0 aliphatic carbocycles. The molecule has 4 nitrogen and oxygen atoms in total. The Morgan fingerprint density at radius 1 is 1.42 bits per heavy atom. The smallest absolute Gasteiger partial charge is 0.231 e. The first-order valence-electron chi connectivity index (χ1n) is 6.54. The third-order valence-electron chi connectivity index (χ3n) is 3.47. The maximum absolute atomic E-state index is 12.4. The van der Waals surface area contributed by atoms with E-state index >= 15 is 0 Å². The molecule has 4 heteroatoms. The number of anilines is 1. The van der Waals surface area contributed by atoms with Crippen molar-refractivity contribution in [3.63, 3.8) is 0 Å². The predicted molar refractivity (Wildman–Crippen MR) is 78.5 cm³/mol. The standard InChI is InChI=1S/C15H24N2O2/c1-10(2)13(9-16)15(18)17(4)12-6-7-14(19-5)11(3)8-12/h6-8,10,13H,9,16H2,1-5H3. The van der Waals surface area contributed by atoms with Crippen molar-refractivity contribution >= 4 is 11.6 Å². The molecule has 1 rings (SSSR count). The molecule has 1 aromatic carbocycles. The first-order chi connectivity index (χ1) is 8.92. The molecule has 2 N–H and O–H groups in total. The summed E-state index contributed by atoms with van der Waals surface area (Å²) < 4.78 is 5.22. The van der Waals surface area contributed by atoms with Crippen LogP contribution in [0.3, 0.4) is 0 Å². The molecule has 0 aliphatic heterocycles. The summed E-state index contributed by atoms with van der Waals surface area (Å²) in [6.07, 6.45) is 0. The van der Waals surface area contributed by atoms with E-state index in [0.717, 1.165) is 17.0 Å². The molecule has 0 aliphatic rings. The van der Waals surface area contributed by atoms with Gasteiger partial charge in [0, 0.05) is 19.3 Å². The lowest BCUT2D eigenvalue weighted by Crippen LogP contribution is -2.39. The van der Waals surface area contributed by atoms with Crippen LogP contribution in [0.4, 0.5) is 5.69 Å². The molecule has 0 radical (unpaired) electrons. The van der Waals surface area contributed by atoms with Crippen molar-refractivity contribution in [2.75, 3.05) is 25.6 Å². The Hall–Kier alpha value is -1.55. The van der Waals surface area contributed by atoms with E-state index in [4.69, 9.17) is 10.5 Å². The highest BCUT2D eigenvalue weighted by atomic mass is 16.5. The molecule has 0 heterocycles. The van der Waals surface area contributed by atoms with E-state index < -0.39 is 0 Å². The van der Waals surface area contributed by atoms with E-state index in [1.807, 2.05) is 39.0 Å². The number of rotatable bonds is 5. The minimum atomic E-state index is -0.146. The Kier molecular flexibility index (Phi) is 5.36. The van der Waals surface area contributed by atoms with Crippen LogP contribution in [0.15, 0.2) is 18.2 Å². The zero-order chi connectivity index (χ0) is 14.6. The molecule has 0 saturated heterocycles. The Morgan fingerprint density at radius 2 is 2.05 bits per heavy atom. The van der Waals surface area contributed by atoms with E-state index in [1.54, 1.807) is 19.1 Å². The summed E-state index contributed by atoms with van der Waals surface area (Å²) in [5, 5.41) is 0. The van der Waals surface area contributed by atoms with E-state index in [9.17, 15) is 4.79 Å². The van der Waals surface area contributed by atoms with Crippen molar-refractivity contribution in [1.29, 1.82) is 0 Å². The summed E-state index contributed by atoms with van der Waals surface area (Å²) in [6, 6.07) is 5.71. The Morgan fingerprint density at radius 3 is 2.47 bits per heavy atom. The average Bonchev–Trinajstić information content (AvgIpc) is 2.37. The molecule has 0 bridgehead atoms. The quantitative estimate of drug-likeness (QED) is 0.887. The van der Waals surface area contributed by atoms with Crippen molar-refractivity contribution in [3.05, 3.63) is 23.8 Å². The van der Waals surface area contributed by atoms with Gasteiger partial charge in [0.1, 0.15) is 5.75 Å². The van der Waals surface area contributed by atoms with Gasteiger partial charge in [-0.1, -0.05) is 13.8 Å². The fourth-order valence-electron chi connectivity index (χ4n) is 2.11. The zero-order valence-electron chi connectivity index (χ0n) is 12.4. The number of nitrogens with zero attached hydrogens (tertiary/aromatic N) is 1. The molecule has 1 amide bonds. The van der Waals surface area contributed by atoms with Crippen LogP contribution >= 0.6 is 0 Å². The SMILES string of the molecule is COc1ccc(N(C)C(=O)C(CN)C(C)C)cc1C. The maximum Gasteiger partial charge on any atom is 0.231 e. The number of benzene rings is 1. The Labute approximate surface area is 115 Å². The molecular formula is C15H24N2O2. The van der Waals surface area contributed by atoms with E-state index in [0.29, 0.717) is 6.54 Å². The number of carbonyl (C=O) groups is 1. The van der Waals surface area contributed by atoms with Gasteiger partial charge in [-0.3, -0.25) is 4.79 Å². The number of carbonyl (C=O) groups excluding carboxylic acids is 1. The van der Waals surface area contributed by atoms with Crippen molar-refractivity contribution in [1.82, 2.24) is 0 Å². The summed E-state index contributed by atoms with van der Waals surface area (Å²) in [4.78, 5) is 14.1. The highest BCUT2D eigenvalue weighted by Gasteiger charge is 2.24. The van der Waals surface area contributed by atoms with Gasteiger partial charge >= 0.3 is 0 Å². The van der Waals surface area contributed by atoms with E-state index in [1.165, 1.54) is 0 Å². The lowest BCUT2D eigenvalue weighted by atomic mass is 9.94. The van der Waals surface area contributed by atoms with E-state index in [-0.39, 0.29) is 17.7 Å². The van der Waals surface area contributed by atoms with E-state index in [2.05, 4.69) is 0 Å². The Bertz CT molecular complexity index is 444. The fraction of sp³-hybridized carbons (Fsp3) is 0.533. The summed E-state index contributed by atoms with van der Waals surface area (Å²) in [6.45, 7) is 6.37. The number of aryl methyl sites for hydroxylation is 1. The normalized spacial score (nSPS) is 12.4.